The molecular formula is C112H119N7. The molecule has 7 aliphatic rings. The number of aromatic nitrogens is 7. The van der Waals surface area contributed by atoms with E-state index in [2.05, 4.69) is 310 Å². The van der Waals surface area contributed by atoms with Crippen LogP contribution in [0.2, 0.25) is 0 Å². The van der Waals surface area contributed by atoms with Gasteiger partial charge in [0.1, 0.15) is 0 Å². The van der Waals surface area contributed by atoms with Gasteiger partial charge < -0.3 is 0 Å². The first-order valence-corrected chi connectivity index (χ1v) is 43.0. The zero-order valence-corrected chi connectivity index (χ0v) is 76.2. The van der Waals surface area contributed by atoms with Gasteiger partial charge in [-0.05, 0) is 465 Å². The average Bonchev–Trinajstić information content (AvgIpc) is 1.28. The summed E-state index contributed by atoms with van der Waals surface area (Å²) >= 11 is 0. The number of pyridine rings is 7. The van der Waals surface area contributed by atoms with Crippen LogP contribution in [0.1, 0.15) is 234 Å². The smallest absolute Gasteiger partial charge is 0.0746 e. The molecule has 7 nitrogen and oxygen atoms in total. The number of hydrogen-bond donors (Lipinski definition) is 0. The topological polar surface area (TPSA) is 90.2 Å². The van der Waals surface area contributed by atoms with E-state index in [-0.39, 0.29) is 0 Å². The van der Waals surface area contributed by atoms with Crippen molar-refractivity contribution in [1.29, 1.82) is 0 Å². The van der Waals surface area contributed by atoms with E-state index in [4.69, 9.17) is 9.97 Å². The van der Waals surface area contributed by atoms with Gasteiger partial charge in [-0.2, -0.15) is 0 Å². The molecule has 21 rings (SSSR count). The monoisotopic (exact) mass is 1560 g/mol. The zero-order chi connectivity index (χ0) is 85.1. The van der Waals surface area contributed by atoms with Gasteiger partial charge in [0.15, 0.2) is 0 Å². The Bertz CT molecular complexity index is 6560. The summed E-state index contributed by atoms with van der Waals surface area (Å²) < 4.78 is 0. The Morgan fingerprint density at radius 3 is 1.06 bits per heavy atom. The molecule has 7 aromatic carbocycles. The lowest BCUT2D eigenvalue weighted by Crippen LogP contribution is -1.98. The van der Waals surface area contributed by atoms with E-state index in [9.17, 15) is 0 Å². The molecule has 7 aromatic heterocycles. The fraction of sp³-hybridized carbons (Fsp3) is 0.312. The fourth-order valence-corrected chi connectivity index (χ4v) is 19.9. The number of rotatable bonds is 0. The van der Waals surface area contributed by atoms with E-state index in [1.165, 1.54) is 301 Å². The normalized spacial score (nSPS) is 12.5. The highest BCUT2D eigenvalue weighted by Gasteiger charge is 2.32. The molecule has 7 aliphatic carbocycles. The third-order valence-corrected chi connectivity index (χ3v) is 28.4. The second-order valence-corrected chi connectivity index (χ2v) is 35.8. The molecule has 119 heavy (non-hydrogen) atoms. The Labute approximate surface area is 709 Å². The van der Waals surface area contributed by atoms with Gasteiger partial charge in [-0.3, -0.25) is 34.9 Å². The van der Waals surface area contributed by atoms with Gasteiger partial charge >= 0.3 is 0 Å². The summed E-state index contributed by atoms with van der Waals surface area (Å²) in [5.41, 5.74) is 76.5. The largest absolute Gasteiger partial charge is 0.256 e. The first kappa shape index (κ1) is 82.7. The second-order valence-electron chi connectivity index (χ2n) is 35.8. The van der Waals surface area contributed by atoms with Crippen molar-refractivity contribution in [3.05, 3.63) is 362 Å². The summed E-state index contributed by atoms with van der Waals surface area (Å²) in [5.74, 6) is 0. The van der Waals surface area contributed by atoms with Gasteiger partial charge in [-0.15, -0.1) is 0 Å². The van der Waals surface area contributed by atoms with Crippen LogP contribution in [0, 0.1) is 194 Å². The van der Waals surface area contributed by atoms with Crippen LogP contribution in [0.4, 0.5) is 0 Å². The Morgan fingerprint density at radius 2 is 0.529 bits per heavy atom. The minimum atomic E-state index is 1.05. The molecule has 0 saturated carbocycles. The summed E-state index contributed by atoms with van der Waals surface area (Å²) in [6, 6.07) is 35.4. The molecule has 0 N–H and O–H groups in total. The van der Waals surface area contributed by atoms with E-state index in [1.807, 2.05) is 37.1 Å². The number of aryl methyl sites for hydroxylation is 15. The minimum Gasteiger partial charge on any atom is -0.256 e. The molecule has 0 aliphatic heterocycles. The van der Waals surface area contributed by atoms with Crippen LogP contribution < -0.4 is 0 Å². The summed E-state index contributed by atoms with van der Waals surface area (Å²) in [7, 11) is 0. The maximum atomic E-state index is 4.73. The summed E-state index contributed by atoms with van der Waals surface area (Å²) in [6.45, 7) is 61.4. The van der Waals surface area contributed by atoms with Crippen molar-refractivity contribution in [2.75, 3.05) is 0 Å². The molecule has 0 fully saturated rings. The second kappa shape index (κ2) is 32.4. The Morgan fingerprint density at radius 1 is 0.193 bits per heavy atom. The van der Waals surface area contributed by atoms with Crippen LogP contribution >= 0.6 is 0 Å². The molecule has 0 radical (unpaired) electrons. The van der Waals surface area contributed by atoms with E-state index in [1.54, 1.807) is 0 Å². The molecule has 0 bridgehead atoms. The molecule has 14 aromatic rings. The van der Waals surface area contributed by atoms with Crippen molar-refractivity contribution < 1.29 is 0 Å². The lowest BCUT2D eigenvalue weighted by atomic mass is 9.90. The molecular weight excluding hydrogens is 1440 g/mol. The lowest BCUT2D eigenvalue weighted by Gasteiger charge is -2.15. The SMILES string of the molecule is Cc1c(C)c(C)c2c(c1C)Cc1cccnc1-2.Cc1cc(C)c2c(c1C)Cc1c(C)ccnc1-2.Cc1cc2c(c(C)c1C)Cc1c(C)ccnc1-2.Cc1ccc2c(n1)-c1c(C)cc(C)c(C)c1C2.Cc1ccc2c(n1)-c1cc(C)c(C)c(C)c1C2.Cc1cnc2c(c1)Cc1c(C)c(C)cc(C)c1-2.Cc1cnc2c(c1)Cc1c-2cc(C)c(C)c1C. The highest BCUT2D eigenvalue weighted by atomic mass is 14.7. The Balaban J connectivity index is 0.000000108. The van der Waals surface area contributed by atoms with Gasteiger partial charge in [-0.1, -0.05) is 48.5 Å². The number of fused-ring (bicyclic) bond motifs is 21. The maximum Gasteiger partial charge on any atom is 0.0746 e. The molecule has 0 spiro atoms. The third kappa shape index (κ3) is 14.9. The molecule has 0 atom stereocenters. The fourth-order valence-electron chi connectivity index (χ4n) is 19.9. The van der Waals surface area contributed by atoms with E-state index >= 15 is 0 Å². The van der Waals surface area contributed by atoms with E-state index < -0.39 is 0 Å². The highest BCUT2D eigenvalue weighted by Crippen LogP contribution is 2.48. The minimum absolute atomic E-state index is 1.05. The standard InChI is InChI=1S/7C16H17N/c1-9-5-13-7-14-12(4)11(3)10(2)6-15(14)16(13)17-8-9;1-9-5-13-7-14-12(4)10(2)6-11(3)15(14)16(13)17-8-9;1-9-7-10(2)15-14(12(9)4)8-13-6-5-11(3)17-16(13)15;1-9-7-15-14(12(4)11(9)3)8-13-6-5-10(2)17-16(13)15;1-9-5-6-17-16-13(9)8-14-12(4)11(3)10(2)7-15(14)16;1-9-5-6-17-16-13(9)8-14-12(4)10(2)7-11(3)15(14)16;1-9-10(2)12(4)15-14(11(9)3)8-13-6-5-7-17-16(13)15/h2*5-6,8H,7H2,1-4H3;5*5-7H,8H2,1-4H3. The lowest BCUT2D eigenvalue weighted by molar-refractivity contribution is 1.14. The van der Waals surface area contributed by atoms with Crippen LogP contribution in [0.5, 0.6) is 0 Å². The molecule has 7 heteroatoms. The van der Waals surface area contributed by atoms with Crippen LogP contribution in [0.3, 0.4) is 0 Å². The third-order valence-electron chi connectivity index (χ3n) is 28.4. The predicted molar refractivity (Wildman–Crippen MR) is 500 cm³/mol. The van der Waals surface area contributed by atoms with E-state index in [0.29, 0.717) is 0 Å². The van der Waals surface area contributed by atoms with Crippen LogP contribution in [0.15, 0.2) is 128 Å². The highest BCUT2D eigenvalue weighted by molar-refractivity contribution is 5.85. The number of hydrogen-bond acceptors (Lipinski definition) is 7. The van der Waals surface area contributed by atoms with Crippen LogP contribution in [-0.4, -0.2) is 34.9 Å². The van der Waals surface area contributed by atoms with Crippen molar-refractivity contribution >= 4 is 0 Å². The molecule has 0 amide bonds. The summed E-state index contributed by atoms with van der Waals surface area (Å²) in [4.78, 5) is 32.4. The average molecular weight is 1560 g/mol. The quantitative estimate of drug-likeness (QED) is 0.149. The zero-order valence-electron chi connectivity index (χ0n) is 76.2. The first-order chi connectivity index (χ1) is 56.6. The van der Waals surface area contributed by atoms with Gasteiger partial charge in [0.2, 0.25) is 0 Å². The van der Waals surface area contributed by atoms with Crippen molar-refractivity contribution in [1.82, 2.24) is 34.9 Å². The van der Waals surface area contributed by atoms with Gasteiger partial charge in [0, 0.05) is 126 Å². The molecule has 602 valence electrons. The predicted octanol–water partition coefficient (Wildman–Crippen LogP) is 27.2. The van der Waals surface area contributed by atoms with Crippen molar-refractivity contribution in [2.45, 2.75) is 239 Å². The van der Waals surface area contributed by atoms with Gasteiger partial charge in [0.05, 0.1) is 39.9 Å². The van der Waals surface area contributed by atoms with Gasteiger partial charge in [0.25, 0.3) is 0 Å². The van der Waals surface area contributed by atoms with Crippen molar-refractivity contribution in [2.24, 2.45) is 0 Å². The van der Waals surface area contributed by atoms with Crippen LogP contribution in [-0.2, 0) is 44.9 Å². The van der Waals surface area contributed by atoms with Crippen molar-refractivity contribution in [3.8, 4) is 78.8 Å². The summed E-state index contributed by atoms with van der Waals surface area (Å²) in [5, 5.41) is 0. The number of nitrogens with zero attached hydrogens (tertiary/aromatic N) is 7. The van der Waals surface area contributed by atoms with Crippen molar-refractivity contribution in [3.63, 3.8) is 0 Å². The molecule has 0 unspecified atom stereocenters. The number of benzene rings is 7. The summed E-state index contributed by atoms with van der Waals surface area (Å²) in [6.07, 6.45) is 17.0. The molecule has 0 saturated heterocycles. The Hall–Kier alpha value is -11.4. The Kier molecular flexibility index (Phi) is 22.5. The first-order valence-electron chi connectivity index (χ1n) is 43.0. The van der Waals surface area contributed by atoms with Crippen LogP contribution in [0.25, 0.3) is 78.8 Å². The maximum absolute atomic E-state index is 4.73. The van der Waals surface area contributed by atoms with Gasteiger partial charge in [-0.25, -0.2) is 0 Å². The van der Waals surface area contributed by atoms with E-state index in [0.717, 1.165) is 56.3 Å². The molecule has 7 heterocycles.